The molecule has 1 atom stereocenters. The summed E-state index contributed by atoms with van der Waals surface area (Å²) in [5, 5.41) is 9.55. The Morgan fingerprint density at radius 1 is 1.40 bits per heavy atom. The Kier molecular flexibility index (Phi) is 6.08. The average molecular weight is 302 g/mol. The number of nitrogens with one attached hydrogen (secondary N) is 1. The number of ether oxygens (including phenoxy) is 1. The van der Waals surface area contributed by atoms with Crippen LogP contribution in [0.25, 0.3) is 0 Å². The Hall–Kier alpha value is -1.48. The number of quaternary nitrogens is 1. The molecule has 0 saturated carbocycles. The van der Waals surface area contributed by atoms with Gasteiger partial charge in [0.1, 0.15) is 0 Å². The maximum atomic E-state index is 11.9. The number of sulfonamides is 1. The van der Waals surface area contributed by atoms with Gasteiger partial charge in [-0.05, 0) is 31.2 Å². The highest BCUT2D eigenvalue weighted by molar-refractivity contribution is 7.89. The molecule has 0 aliphatic carbocycles. The van der Waals surface area contributed by atoms with E-state index in [9.17, 15) is 13.2 Å². The van der Waals surface area contributed by atoms with Gasteiger partial charge >= 0.3 is 0 Å². The van der Waals surface area contributed by atoms with Crippen molar-refractivity contribution in [2.45, 2.75) is 17.9 Å². The van der Waals surface area contributed by atoms with Crippen LogP contribution in [0.5, 0.6) is 0 Å². The van der Waals surface area contributed by atoms with Gasteiger partial charge < -0.3 is 15.4 Å². The van der Waals surface area contributed by atoms with E-state index in [1.165, 1.54) is 24.3 Å². The molecule has 5 N–H and O–H groups in total. The maximum Gasteiger partial charge on any atom is 0.282 e. The van der Waals surface area contributed by atoms with E-state index in [0.29, 0.717) is 18.8 Å². The summed E-state index contributed by atoms with van der Waals surface area (Å²) in [6.07, 6.45) is 0. The van der Waals surface area contributed by atoms with Gasteiger partial charge in [-0.2, -0.15) is 0 Å². The predicted molar refractivity (Wildman–Crippen MR) is 74.6 cm³/mol. The van der Waals surface area contributed by atoms with Crippen LogP contribution in [0.1, 0.15) is 6.92 Å². The molecule has 8 heteroatoms. The molecule has 0 fully saturated rings. The molecule has 0 spiro atoms. The Morgan fingerprint density at radius 3 is 2.50 bits per heavy atom. The summed E-state index contributed by atoms with van der Waals surface area (Å²) in [5.41, 5.74) is 0.523. The van der Waals surface area contributed by atoms with Crippen LogP contribution in [0.2, 0.25) is 0 Å². The third kappa shape index (κ3) is 5.25. The molecule has 1 amide bonds. The standard InChI is InChI=1S/C12H19N3O4S/c1-9(14-7-8-19-2)12(16)15-10-3-5-11(6-4-10)20(13,17)18/h3-6,9,14H,7-8H2,1-2H3,(H,15,16)(H2,13,17,18)/p+1/t9-/m1/s1. The van der Waals surface area contributed by atoms with E-state index in [2.05, 4.69) is 5.32 Å². The molecule has 0 aliphatic heterocycles. The Morgan fingerprint density at radius 2 is 2.00 bits per heavy atom. The SMILES string of the molecule is COCC[NH2+][C@H](C)C(=O)Nc1ccc(S(N)(=O)=O)cc1. The smallest absolute Gasteiger partial charge is 0.282 e. The van der Waals surface area contributed by atoms with Crippen LogP contribution in [0.15, 0.2) is 29.2 Å². The number of primary sulfonamides is 1. The first-order valence-electron chi connectivity index (χ1n) is 6.10. The van der Waals surface area contributed by atoms with Crippen molar-refractivity contribution in [1.29, 1.82) is 0 Å². The monoisotopic (exact) mass is 302 g/mol. The molecule has 0 unspecified atom stereocenters. The predicted octanol–water partition coefficient (Wildman–Crippen LogP) is -1.13. The van der Waals surface area contributed by atoms with Crippen molar-refractivity contribution in [3.8, 4) is 0 Å². The fourth-order valence-electron chi connectivity index (χ4n) is 1.53. The summed E-state index contributed by atoms with van der Waals surface area (Å²) in [7, 11) is -2.11. The lowest BCUT2D eigenvalue weighted by atomic mass is 10.2. The summed E-state index contributed by atoms with van der Waals surface area (Å²) in [4.78, 5) is 11.9. The minimum Gasteiger partial charge on any atom is -0.379 e. The van der Waals surface area contributed by atoms with Gasteiger partial charge in [-0.15, -0.1) is 0 Å². The van der Waals surface area contributed by atoms with Crippen molar-refractivity contribution in [2.75, 3.05) is 25.6 Å². The molecular formula is C12H20N3O4S+. The molecule has 0 aliphatic rings. The fraction of sp³-hybridized carbons (Fsp3) is 0.417. The highest BCUT2D eigenvalue weighted by Crippen LogP contribution is 2.12. The first-order valence-corrected chi connectivity index (χ1v) is 7.65. The van der Waals surface area contributed by atoms with Crippen LogP contribution in [0.3, 0.4) is 0 Å². The van der Waals surface area contributed by atoms with Crippen LogP contribution in [0, 0.1) is 0 Å². The highest BCUT2D eigenvalue weighted by Gasteiger charge is 2.16. The summed E-state index contributed by atoms with van der Waals surface area (Å²) in [6.45, 7) is 3.04. The summed E-state index contributed by atoms with van der Waals surface area (Å²) in [5.74, 6) is -0.163. The van der Waals surface area contributed by atoms with Crippen molar-refractivity contribution < 1.29 is 23.3 Å². The van der Waals surface area contributed by atoms with Crippen molar-refractivity contribution in [2.24, 2.45) is 5.14 Å². The second kappa shape index (κ2) is 7.34. The van der Waals surface area contributed by atoms with E-state index < -0.39 is 10.0 Å². The molecule has 1 rings (SSSR count). The Labute approximate surface area is 118 Å². The van der Waals surface area contributed by atoms with Gasteiger partial charge in [-0.1, -0.05) is 0 Å². The molecule has 1 aromatic rings. The van der Waals surface area contributed by atoms with Gasteiger partial charge in [-0.25, -0.2) is 13.6 Å². The van der Waals surface area contributed by atoms with Gasteiger partial charge in [0.15, 0.2) is 6.04 Å². The number of hydrogen-bond donors (Lipinski definition) is 3. The molecule has 0 bridgehead atoms. The van der Waals surface area contributed by atoms with E-state index in [4.69, 9.17) is 9.88 Å². The van der Waals surface area contributed by atoms with Crippen LogP contribution >= 0.6 is 0 Å². The zero-order valence-corrected chi connectivity index (χ0v) is 12.3. The average Bonchev–Trinajstić information content (AvgIpc) is 2.38. The number of anilines is 1. The van der Waals surface area contributed by atoms with Gasteiger partial charge in [0.25, 0.3) is 5.91 Å². The molecule has 0 heterocycles. The number of methoxy groups -OCH3 is 1. The lowest BCUT2D eigenvalue weighted by molar-refractivity contribution is -0.674. The van der Waals surface area contributed by atoms with Crippen molar-refractivity contribution in [3.63, 3.8) is 0 Å². The summed E-state index contributed by atoms with van der Waals surface area (Å²) in [6, 6.07) is 5.44. The lowest BCUT2D eigenvalue weighted by Crippen LogP contribution is -2.92. The molecule has 0 radical (unpaired) electrons. The maximum absolute atomic E-state index is 11.9. The minimum absolute atomic E-state index is 0.00945. The lowest BCUT2D eigenvalue weighted by Gasteiger charge is -2.11. The van der Waals surface area contributed by atoms with Gasteiger partial charge in [0.2, 0.25) is 10.0 Å². The first-order chi connectivity index (χ1) is 9.34. The van der Waals surface area contributed by atoms with Gasteiger partial charge in [0, 0.05) is 12.8 Å². The molecule has 7 nitrogen and oxygen atoms in total. The minimum atomic E-state index is -3.71. The van der Waals surface area contributed by atoms with Gasteiger partial charge in [-0.3, -0.25) is 4.79 Å². The van der Waals surface area contributed by atoms with Crippen LogP contribution < -0.4 is 15.8 Å². The largest absolute Gasteiger partial charge is 0.379 e. The zero-order valence-electron chi connectivity index (χ0n) is 11.5. The number of rotatable bonds is 7. The van der Waals surface area contributed by atoms with Crippen molar-refractivity contribution in [3.05, 3.63) is 24.3 Å². The van der Waals surface area contributed by atoms with Crippen LogP contribution in [-0.4, -0.2) is 40.6 Å². The van der Waals surface area contributed by atoms with Crippen LogP contribution in [-0.2, 0) is 19.6 Å². The number of hydrogen-bond acceptors (Lipinski definition) is 4. The van der Waals surface area contributed by atoms with Crippen molar-refractivity contribution in [1.82, 2.24) is 0 Å². The summed E-state index contributed by atoms with van der Waals surface area (Å²) < 4.78 is 27.1. The molecular weight excluding hydrogens is 282 g/mol. The second-order valence-electron chi connectivity index (χ2n) is 4.36. The molecule has 1 aromatic carbocycles. The molecule has 0 aromatic heterocycles. The van der Waals surface area contributed by atoms with Crippen LogP contribution in [0.4, 0.5) is 5.69 Å². The molecule has 20 heavy (non-hydrogen) atoms. The normalized spacial score (nSPS) is 12.9. The Bertz CT molecular complexity index is 542. The Balaban J connectivity index is 2.58. The van der Waals surface area contributed by atoms with E-state index in [1.54, 1.807) is 14.0 Å². The van der Waals surface area contributed by atoms with E-state index >= 15 is 0 Å². The second-order valence-corrected chi connectivity index (χ2v) is 5.93. The van der Waals surface area contributed by atoms with E-state index in [0.717, 1.165) is 0 Å². The van der Waals surface area contributed by atoms with E-state index in [-0.39, 0.29) is 16.8 Å². The number of amides is 1. The number of benzene rings is 1. The highest BCUT2D eigenvalue weighted by atomic mass is 32.2. The third-order valence-corrected chi connectivity index (χ3v) is 3.64. The zero-order chi connectivity index (χ0) is 15.2. The topological polar surface area (TPSA) is 115 Å². The quantitative estimate of drug-likeness (QED) is 0.553. The molecule has 0 saturated heterocycles. The fourth-order valence-corrected chi connectivity index (χ4v) is 2.04. The summed E-state index contributed by atoms with van der Waals surface area (Å²) >= 11 is 0. The van der Waals surface area contributed by atoms with E-state index in [1.807, 2.05) is 5.32 Å². The number of carbonyl (C=O) groups excluding carboxylic acids is 1. The first kappa shape index (κ1) is 16.6. The number of nitrogens with two attached hydrogens (primary N) is 2. The third-order valence-electron chi connectivity index (χ3n) is 2.71. The van der Waals surface area contributed by atoms with Gasteiger partial charge in [0.05, 0.1) is 18.0 Å². The molecule has 112 valence electrons. The van der Waals surface area contributed by atoms with Crippen molar-refractivity contribution >= 4 is 21.6 Å². The number of carbonyl (C=O) groups is 1.